The first kappa shape index (κ1) is 12.4. The highest BCUT2D eigenvalue weighted by Gasteiger charge is 2.17. The number of pyridine rings is 1. The Labute approximate surface area is 113 Å². The van der Waals surface area contributed by atoms with Gasteiger partial charge in [-0.3, -0.25) is 4.79 Å². The maximum Gasteiger partial charge on any atom is 0.254 e. The molecule has 1 aliphatic rings. The number of nitrogens with zero attached hydrogens (tertiary/aromatic N) is 1. The molecule has 1 N–H and O–H groups in total. The van der Waals surface area contributed by atoms with E-state index in [1.54, 1.807) is 0 Å². The molecule has 1 aromatic carbocycles. The molecule has 0 radical (unpaired) electrons. The van der Waals surface area contributed by atoms with Crippen molar-refractivity contribution < 1.29 is 0 Å². The van der Waals surface area contributed by atoms with Crippen LogP contribution in [-0.2, 0) is 13.0 Å². The summed E-state index contributed by atoms with van der Waals surface area (Å²) >= 11 is 0. The van der Waals surface area contributed by atoms with Gasteiger partial charge in [-0.25, -0.2) is 0 Å². The van der Waals surface area contributed by atoms with Crippen molar-refractivity contribution in [1.82, 2.24) is 9.88 Å². The van der Waals surface area contributed by atoms with E-state index in [1.165, 1.54) is 12.8 Å². The lowest BCUT2D eigenvalue weighted by Crippen LogP contribution is -2.30. The Bertz CT molecular complexity index is 639. The first-order valence-corrected chi connectivity index (χ1v) is 7.14. The Kier molecular flexibility index (Phi) is 3.38. The molecule has 1 aliphatic heterocycles. The number of rotatable bonds is 3. The van der Waals surface area contributed by atoms with Crippen molar-refractivity contribution in [3.8, 4) is 0 Å². The summed E-state index contributed by atoms with van der Waals surface area (Å²) in [6.07, 6.45) is 3.25. The van der Waals surface area contributed by atoms with Gasteiger partial charge in [0.1, 0.15) is 0 Å². The molecule has 0 aliphatic carbocycles. The Morgan fingerprint density at radius 2 is 2.21 bits per heavy atom. The molecular weight excluding hydrogens is 236 g/mol. The summed E-state index contributed by atoms with van der Waals surface area (Å²) in [6, 6.07) is 10.7. The molecule has 0 spiro atoms. The lowest BCUT2D eigenvalue weighted by Gasteiger charge is -2.14. The van der Waals surface area contributed by atoms with E-state index >= 15 is 0 Å². The Hall–Kier alpha value is -1.61. The van der Waals surface area contributed by atoms with Gasteiger partial charge in [-0.1, -0.05) is 18.2 Å². The number of hydrogen-bond donors (Lipinski definition) is 1. The summed E-state index contributed by atoms with van der Waals surface area (Å²) < 4.78 is 1.89. The molecule has 3 rings (SSSR count). The molecule has 3 nitrogen and oxygen atoms in total. The van der Waals surface area contributed by atoms with Gasteiger partial charge in [-0.05, 0) is 50.2 Å². The summed E-state index contributed by atoms with van der Waals surface area (Å²) in [5.41, 5.74) is 2.16. The van der Waals surface area contributed by atoms with Crippen LogP contribution in [0.5, 0.6) is 0 Å². The Balaban J connectivity index is 2.08. The van der Waals surface area contributed by atoms with Crippen LogP contribution in [0.15, 0.2) is 35.1 Å². The standard InChI is InChI=1S/C16H20N2O/c1-2-18-15-8-4-3-6-12(15)10-13(16(18)19)11-14-7-5-9-17-14/h3-4,6,8,10,14,17H,2,5,7,9,11H2,1H3. The fraction of sp³-hybridized carbons (Fsp3) is 0.438. The van der Waals surface area contributed by atoms with Crippen LogP contribution in [0.25, 0.3) is 10.9 Å². The highest BCUT2D eigenvalue weighted by molar-refractivity contribution is 5.79. The predicted molar refractivity (Wildman–Crippen MR) is 78.6 cm³/mol. The van der Waals surface area contributed by atoms with Crippen molar-refractivity contribution in [3.05, 3.63) is 46.2 Å². The minimum atomic E-state index is 0.176. The van der Waals surface area contributed by atoms with Gasteiger partial charge < -0.3 is 9.88 Å². The van der Waals surface area contributed by atoms with Crippen LogP contribution in [0, 0.1) is 0 Å². The normalized spacial score (nSPS) is 19.1. The van der Waals surface area contributed by atoms with Gasteiger partial charge in [0.15, 0.2) is 0 Å². The van der Waals surface area contributed by atoms with Crippen molar-refractivity contribution in [2.75, 3.05) is 6.54 Å². The van der Waals surface area contributed by atoms with Crippen LogP contribution < -0.4 is 10.9 Å². The topological polar surface area (TPSA) is 34.0 Å². The van der Waals surface area contributed by atoms with Crippen molar-refractivity contribution in [1.29, 1.82) is 0 Å². The van der Waals surface area contributed by atoms with Gasteiger partial charge >= 0.3 is 0 Å². The second-order valence-corrected chi connectivity index (χ2v) is 5.28. The molecule has 0 saturated carbocycles. The van der Waals surface area contributed by atoms with E-state index in [4.69, 9.17) is 0 Å². The van der Waals surface area contributed by atoms with Gasteiger partial charge in [0.05, 0.1) is 5.52 Å². The van der Waals surface area contributed by atoms with Crippen molar-refractivity contribution >= 4 is 10.9 Å². The van der Waals surface area contributed by atoms with E-state index in [9.17, 15) is 4.79 Å². The van der Waals surface area contributed by atoms with Crippen molar-refractivity contribution in [2.45, 2.75) is 38.8 Å². The van der Waals surface area contributed by atoms with Crippen LogP contribution in [0.3, 0.4) is 0 Å². The molecule has 1 unspecified atom stereocenters. The summed E-state index contributed by atoms with van der Waals surface area (Å²) in [4.78, 5) is 12.5. The zero-order chi connectivity index (χ0) is 13.2. The maximum atomic E-state index is 12.5. The van der Waals surface area contributed by atoms with Gasteiger partial charge in [0.2, 0.25) is 0 Å². The molecule has 1 saturated heterocycles. The molecule has 1 aromatic heterocycles. The van der Waals surface area contributed by atoms with E-state index in [2.05, 4.69) is 17.4 Å². The molecule has 0 bridgehead atoms. The largest absolute Gasteiger partial charge is 0.314 e. The van der Waals surface area contributed by atoms with Crippen LogP contribution in [0.2, 0.25) is 0 Å². The Morgan fingerprint density at radius 1 is 1.37 bits per heavy atom. The minimum Gasteiger partial charge on any atom is -0.314 e. The third-order valence-electron chi connectivity index (χ3n) is 4.02. The molecule has 19 heavy (non-hydrogen) atoms. The lowest BCUT2D eigenvalue weighted by atomic mass is 10.0. The monoisotopic (exact) mass is 256 g/mol. The quantitative estimate of drug-likeness (QED) is 0.914. The fourth-order valence-electron chi connectivity index (χ4n) is 3.04. The maximum absolute atomic E-state index is 12.5. The first-order chi connectivity index (χ1) is 9.29. The van der Waals surface area contributed by atoms with Crippen molar-refractivity contribution in [2.24, 2.45) is 0 Å². The highest BCUT2D eigenvalue weighted by Crippen LogP contribution is 2.16. The predicted octanol–water partition coefficient (Wildman–Crippen LogP) is 2.32. The van der Waals surface area contributed by atoms with Gasteiger partial charge in [-0.2, -0.15) is 0 Å². The molecule has 0 amide bonds. The third kappa shape index (κ3) is 2.30. The van der Waals surface area contributed by atoms with E-state index in [-0.39, 0.29) is 5.56 Å². The number of para-hydroxylation sites is 1. The number of nitrogens with one attached hydrogen (secondary N) is 1. The second-order valence-electron chi connectivity index (χ2n) is 5.28. The molecule has 2 heterocycles. The van der Waals surface area contributed by atoms with Gasteiger partial charge in [0, 0.05) is 18.2 Å². The summed E-state index contributed by atoms with van der Waals surface area (Å²) in [5.74, 6) is 0. The first-order valence-electron chi connectivity index (χ1n) is 7.14. The molecule has 1 fully saturated rings. The van der Waals surface area contributed by atoms with Crippen LogP contribution in [-0.4, -0.2) is 17.2 Å². The number of aryl methyl sites for hydroxylation is 1. The van der Waals surface area contributed by atoms with Crippen molar-refractivity contribution in [3.63, 3.8) is 0 Å². The van der Waals surface area contributed by atoms with Gasteiger partial charge in [0.25, 0.3) is 5.56 Å². The van der Waals surface area contributed by atoms with Crippen LogP contribution in [0.1, 0.15) is 25.3 Å². The minimum absolute atomic E-state index is 0.176. The third-order valence-corrected chi connectivity index (χ3v) is 4.02. The second kappa shape index (κ2) is 5.17. The van der Waals surface area contributed by atoms with E-state index < -0.39 is 0 Å². The zero-order valence-corrected chi connectivity index (χ0v) is 11.4. The average molecular weight is 256 g/mol. The summed E-state index contributed by atoms with van der Waals surface area (Å²) in [6.45, 7) is 3.84. The number of aromatic nitrogens is 1. The van der Waals surface area contributed by atoms with Gasteiger partial charge in [-0.15, -0.1) is 0 Å². The molecule has 3 heteroatoms. The Morgan fingerprint density at radius 3 is 2.95 bits per heavy atom. The molecular formula is C16H20N2O. The van der Waals surface area contributed by atoms with E-state index in [0.717, 1.165) is 36.0 Å². The van der Waals surface area contributed by atoms with Crippen LogP contribution >= 0.6 is 0 Å². The summed E-state index contributed by atoms with van der Waals surface area (Å²) in [7, 11) is 0. The van der Waals surface area contributed by atoms with Crippen LogP contribution in [0.4, 0.5) is 0 Å². The number of hydrogen-bond acceptors (Lipinski definition) is 2. The van der Waals surface area contributed by atoms with E-state index in [0.29, 0.717) is 6.04 Å². The smallest absolute Gasteiger partial charge is 0.254 e. The number of fused-ring (bicyclic) bond motifs is 1. The fourth-order valence-corrected chi connectivity index (χ4v) is 3.04. The van der Waals surface area contributed by atoms with E-state index in [1.807, 2.05) is 29.7 Å². The lowest BCUT2D eigenvalue weighted by molar-refractivity contribution is 0.595. The molecule has 1 atom stereocenters. The zero-order valence-electron chi connectivity index (χ0n) is 11.4. The summed E-state index contributed by atoms with van der Waals surface area (Å²) in [5, 5.41) is 4.63. The molecule has 2 aromatic rings. The number of benzene rings is 1. The SMILES string of the molecule is CCn1c(=O)c(CC2CCCN2)cc2ccccc21. The highest BCUT2D eigenvalue weighted by atomic mass is 16.1. The average Bonchev–Trinajstić information content (AvgIpc) is 2.93. The molecule has 100 valence electrons.